The fourth-order valence-electron chi connectivity index (χ4n) is 1.93. The van der Waals surface area contributed by atoms with Crippen LogP contribution in [0.15, 0.2) is 24.3 Å². The van der Waals surface area contributed by atoms with Crippen LogP contribution in [-0.4, -0.2) is 24.7 Å². The largest absolute Gasteiger partial charge is 0.379 e. The summed E-state index contributed by atoms with van der Waals surface area (Å²) in [5.41, 5.74) is 6.10. The molecule has 5 heteroatoms. The average Bonchev–Trinajstić information content (AvgIpc) is 2.78. The van der Waals surface area contributed by atoms with Crippen LogP contribution in [0.2, 0.25) is 5.02 Å². The first-order valence-electron chi connectivity index (χ1n) is 5.94. The van der Waals surface area contributed by atoms with Gasteiger partial charge in [0.1, 0.15) is 5.54 Å². The highest BCUT2D eigenvalue weighted by Gasteiger charge is 2.38. The summed E-state index contributed by atoms with van der Waals surface area (Å²) in [4.78, 5) is 12.1. The Morgan fingerprint density at radius 2 is 2.17 bits per heavy atom. The summed E-state index contributed by atoms with van der Waals surface area (Å²) in [7, 11) is 0. The van der Waals surface area contributed by atoms with Crippen molar-refractivity contribution in [2.45, 2.75) is 24.9 Å². The lowest BCUT2D eigenvalue weighted by atomic mass is 9.98. The number of nitrogens with two attached hydrogens (primary N) is 1. The van der Waals surface area contributed by atoms with Gasteiger partial charge in [-0.15, -0.1) is 0 Å². The Morgan fingerprint density at radius 1 is 1.50 bits per heavy atom. The fourth-order valence-corrected chi connectivity index (χ4v) is 2.06. The summed E-state index contributed by atoms with van der Waals surface area (Å²) in [6.07, 6.45) is 0.562. The molecule has 2 atom stereocenters. The number of benzene rings is 1. The second-order valence-electron chi connectivity index (χ2n) is 4.71. The van der Waals surface area contributed by atoms with Gasteiger partial charge in [0.2, 0.25) is 5.91 Å². The summed E-state index contributed by atoms with van der Waals surface area (Å²) >= 11 is 5.82. The molecule has 1 fully saturated rings. The lowest BCUT2D eigenvalue weighted by molar-refractivity contribution is -0.127. The van der Waals surface area contributed by atoms with E-state index in [9.17, 15) is 4.79 Å². The molecule has 98 valence electrons. The van der Waals surface area contributed by atoms with Crippen LogP contribution in [0.25, 0.3) is 0 Å². The van der Waals surface area contributed by atoms with E-state index in [0.29, 0.717) is 18.1 Å². The van der Waals surface area contributed by atoms with Gasteiger partial charge in [-0.1, -0.05) is 23.7 Å². The van der Waals surface area contributed by atoms with Gasteiger partial charge in [0.25, 0.3) is 0 Å². The number of carbonyl (C=O) groups excluding carboxylic acids is 1. The van der Waals surface area contributed by atoms with Gasteiger partial charge < -0.3 is 15.8 Å². The maximum atomic E-state index is 12.1. The highest BCUT2D eigenvalue weighted by atomic mass is 35.5. The van der Waals surface area contributed by atoms with Crippen molar-refractivity contribution >= 4 is 17.5 Å². The summed E-state index contributed by atoms with van der Waals surface area (Å²) in [6.45, 7) is 2.74. The minimum absolute atomic E-state index is 0.101. The molecular formula is C13H17ClN2O2. The Labute approximate surface area is 111 Å². The van der Waals surface area contributed by atoms with Crippen molar-refractivity contribution in [2.24, 2.45) is 5.73 Å². The molecule has 1 aromatic rings. The first kappa shape index (κ1) is 13.3. The maximum absolute atomic E-state index is 12.1. The molecule has 3 N–H and O–H groups in total. The van der Waals surface area contributed by atoms with E-state index < -0.39 is 5.54 Å². The Hall–Kier alpha value is -1.10. The molecule has 1 aromatic carbocycles. The van der Waals surface area contributed by atoms with Gasteiger partial charge in [-0.05, 0) is 31.0 Å². The van der Waals surface area contributed by atoms with Gasteiger partial charge in [0.05, 0.1) is 12.6 Å². The van der Waals surface area contributed by atoms with Crippen molar-refractivity contribution < 1.29 is 9.53 Å². The van der Waals surface area contributed by atoms with Crippen LogP contribution >= 0.6 is 11.6 Å². The smallest absolute Gasteiger partial charge is 0.243 e. The van der Waals surface area contributed by atoms with Crippen molar-refractivity contribution in [1.82, 2.24) is 5.32 Å². The van der Waals surface area contributed by atoms with Crippen LogP contribution in [0.1, 0.15) is 24.9 Å². The van der Waals surface area contributed by atoms with Crippen molar-refractivity contribution in [3.63, 3.8) is 0 Å². The van der Waals surface area contributed by atoms with Gasteiger partial charge in [-0.3, -0.25) is 4.79 Å². The van der Waals surface area contributed by atoms with Crippen LogP contribution in [-0.2, 0) is 9.53 Å². The summed E-state index contributed by atoms with van der Waals surface area (Å²) in [5.74, 6) is -0.164. The molecule has 1 saturated heterocycles. The molecule has 0 aromatic heterocycles. The minimum Gasteiger partial charge on any atom is -0.379 e. The first-order valence-corrected chi connectivity index (χ1v) is 6.32. The Bertz CT molecular complexity index is 427. The quantitative estimate of drug-likeness (QED) is 0.876. The molecule has 1 aliphatic heterocycles. The SMILES string of the molecule is C[C@@H](NC(=O)C1(N)CCOC1)c1ccc(Cl)cc1. The third kappa shape index (κ3) is 2.83. The topological polar surface area (TPSA) is 64.4 Å². The molecule has 2 rings (SSSR count). The van der Waals surface area contributed by atoms with E-state index in [1.807, 2.05) is 19.1 Å². The van der Waals surface area contributed by atoms with Crippen LogP contribution in [0.4, 0.5) is 0 Å². The zero-order chi connectivity index (χ0) is 13.2. The van der Waals surface area contributed by atoms with E-state index in [-0.39, 0.29) is 18.6 Å². The van der Waals surface area contributed by atoms with Crippen molar-refractivity contribution in [3.05, 3.63) is 34.9 Å². The zero-order valence-electron chi connectivity index (χ0n) is 10.3. The summed E-state index contributed by atoms with van der Waals surface area (Å²) in [6, 6.07) is 7.28. The molecule has 1 unspecified atom stereocenters. The number of rotatable bonds is 3. The number of carbonyl (C=O) groups is 1. The molecule has 1 aliphatic rings. The van der Waals surface area contributed by atoms with Gasteiger partial charge in [0.15, 0.2) is 0 Å². The van der Waals surface area contributed by atoms with Crippen LogP contribution in [0.3, 0.4) is 0 Å². The maximum Gasteiger partial charge on any atom is 0.243 e. The van der Waals surface area contributed by atoms with E-state index in [0.717, 1.165) is 5.56 Å². The molecule has 0 radical (unpaired) electrons. The molecule has 1 amide bonds. The van der Waals surface area contributed by atoms with E-state index in [1.165, 1.54) is 0 Å². The zero-order valence-corrected chi connectivity index (χ0v) is 11.0. The monoisotopic (exact) mass is 268 g/mol. The van der Waals surface area contributed by atoms with Crippen molar-refractivity contribution in [3.8, 4) is 0 Å². The number of ether oxygens (including phenoxy) is 1. The summed E-state index contributed by atoms with van der Waals surface area (Å²) in [5, 5.41) is 3.59. The molecule has 0 spiro atoms. The predicted molar refractivity (Wildman–Crippen MR) is 70.4 cm³/mol. The van der Waals surface area contributed by atoms with Crippen LogP contribution < -0.4 is 11.1 Å². The van der Waals surface area contributed by atoms with Crippen molar-refractivity contribution in [1.29, 1.82) is 0 Å². The highest BCUT2D eigenvalue weighted by Crippen LogP contribution is 2.19. The lowest BCUT2D eigenvalue weighted by Crippen LogP contribution is -2.54. The van der Waals surface area contributed by atoms with Crippen LogP contribution in [0, 0.1) is 0 Å². The second kappa shape index (κ2) is 5.26. The Kier molecular flexibility index (Phi) is 3.90. The molecule has 0 saturated carbocycles. The second-order valence-corrected chi connectivity index (χ2v) is 5.14. The third-order valence-electron chi connectivity index (χ3n) is 3.22. The Morgan fingerprint density at radius 3 is 2.72 bits per heavy atom. The van der Waals surface area contributed by atoms with Crippen LogP contribution in [0.5, 0.6) is 0 Å². The predicted octanol–water partition coefficient (Wildman–Crippen LogP) is 1.64. The minimum atomic E-state index is -0.888. The molecule has 4 nitrogen and oxygen atoms in total. The van der Waals surface area contributed by atoms with E-state index in [2.05, 4.69) is 5.32 Å². The number of amides is 1. The van der Waals surface area contributed by atoms with E-state index >= 15 is 0 Å². The fraction of sp³-hybridized carbons (Fsp3) is 0.462. The number of nitrogens with one attached hydrogen (secondary N) is 1. The van der Waals surface area contributed by atoms with Gasteiger partial charge >= 0.3 is 0 Å². The van der Waals surface area contributed by atoms with E-state index in [4.69, 9.17) is 22.1 Å². The molecule has 18 heavy (non-hydrogen) atoms. The van der Waals surface area contributed by atoms with Gasteiger partial charge in [0, 0.05) is 11.6 Å². The van der Waals surface area contributed by atoms with E-state index in [1.54, 1.807) is 12.1 Å². The number of hydrogen-bond acceptors (Lipinski definition) is 3. The summed E-state index contributed by atoms with van der Waals surface area (Å²) < 4.78 is 5.18. The molecular weight excluding hydrogens is 252 g/mol. The molecule has 0 bridgehead atoms. The van der Waals surface area contributed by atoms with Gasteiger partial charge in [-0.2, -0.15) is 0 Å². The Balaban J connectivity index is 2.00. The normalized spacial score (nSPS) is 24.8. The molecule has 0 aliphatic carbocycles. The van der Waals surface area contributed by atoms with Gasteiger partial charge in [-0.25, -0.2) is 0 Å². The highest BCUT2D eigenvalue weighted by molar-refractivity contribution is 6.30. The standard InChI is InChI=1S/C13H17ClN2O2/c1-9(10-2-4-11(14)5-3-10)16-12(17)13(15)6-7-18-8-13/h2-5,9H,6-8,15H2,1H3,(H,16,17)/t9-,13?/m1/s1. The third-order valence-corrected chi connectivity index (χ3v) is 3.47. The number of halogens is 1. The first-order chi connectivity index (χ1) is 8.51. The molecule has 1 heterocycles. The average molecular weight is 269 g/mol. The van der Waals surface area contributed by atoms with Crippen molar-refractivity contribution in [2.75, 3.05) is 13.2 Å². The lowest BCUT2D eigenvalue weighted by Gasteiger charge is -2.24. The number of hydrogen-bond donors (Lipinski definition) is 2.